The van der Waals surface area contributed by atoms with Crippen LogP contribution in [0.5, 0.6) is 0 Å². The van der Waals surface area contributed by atoms with Gasteiger partial charge in [0.15, 0.2) is 9.84 Å². The van der Waals surface area contributed by atoms with Gasteiger partial charge in [-0.2, -0.15) is 13.2 Å². The lowest BCUT2D eigenvalue weighted by atomic mass is 10.1. The molecule has 0 spiro atoms. The number of nitrogens with one attached hydrogen (secondary N) is 1. The highest BCUT2D eigenvalue weighted by Gasteiger charge is 2.36. The molecule has 0 aliphatic carbocycles. The minimum Gasteiger partial charge on any atom is -0.334 e. The van der Waals surface area contributed by atoms with Crippen LogP contribution in [-0.2, 0) is 16.0 Å². The fourth-order valence-corrected chi connectivity index (χ4v) is 3.70. The molecular weight excluding hydrogens is 416 g/mol. The standard InChI is InChI=1S/C18H14F4N2O2S2/c1-27-14-8-5-11(9-13(14)19)16-15(23-17(24-16)18(20,21)22)10-3-6-12(7-4-10)28(2,25)26/h3-9H,1-2H3,(H,23,24). The molecule has 0 bridgehead atoms. The van der Waals surface area contributed by atoms with Crippen LogP contribution in [0, 0.1) is 5.82 Å². The van der Waals surface area contributed by atoms with Crippen LogP contribution in [0.1, 0.15) is 5.82 Å². The molecule has 0 saturated carbocycles. The van der Waals surface area contributed by atoms with Crippen molar-refractivity contribution in [2.24, 2.45) is 0 Å². The molecule has 0 aliphatic rings. The minimum atomic E-state index is -4.72. The predicted molar refractivity (Wildman–Crippen MR) is 99.3 cm³/mol. The van der Waals surface area contributed by atoms with Crippen LogP contribution in [0.25, 0.3) is 22.5 Å². The Morgan fingerprint density at radius 3 is 2.14 bits per heavy atom. The summed E-state index contributed by atoms with van der Waals surface area (Å²) in [6, 6.07) is 9.41. The molecule has 28 heavy (non-hydrogen) atoms. The van der Waals surface area contributed by atoms with E-state index in [2.05, 4.69) is 9.97 Å². The van der Waals surface area contributed by atoms with Crippen molar-refractivity contribution in [1.29, 1.82) is 0 Å². The first-order chi connectivity index (χ1) is 13.0. The lowest BCUT2D eigenvalue weighted by molar-refractivity contribution is -0.144. The van der Waals surface area contributed by atoms with Crippen LogP contribution in [0.2, 0.25) is 0 Å². The lowest BCUT2D eigenvalue weighted by Crippen LogP contribution is -2.07. The molecule has 0 saturated heterocycles. The summed E-state index contributed by atoms with van der Waals surface area (Å²) in [4.78, 5) is 6.24. The van der Waals surface area contributed by atoms with Gasteiger partial charge in [0.25, 0.3) is 0 Å². The van der Waals surface area contributed by atoms with Crippen molar-refractivity contribution in [2.75, 3.05) is 12.5 Å². The van der Waals surface area contributed by atoms with Crippen LogP contribution >= 0.6 is 11.8 Å². The maximum absolute atomic E-state index is 14.1. The lowest BCUT2D eigenvalue weighted by Gasteiger charge is -2.06. The first-order valence-electron chi connectivity index (χ1n) is 7.82. The average Bonchev–Trinajstić information content (AvgIpc) is 3.07. The summed E-state index contributed by atoms with van der Waals surface area (Å²) < 4.78 is 76.9. The van der Waals surface area contributed by atoms with Gasteiger partial charge in [0.05, 0.1) is 16.3 Å². The third-order valence-corrected chi connectivity index (χ3v) is 5.87. The Kier molecular flexibility index (Phi) is 5.28. The zero-order chi connectivity index (χ0) is 20.7. The molecule has 0 fully saturated rings. The first kappa shape index (κ1) is 20.4. The molecule has 0 atom stereocenters. The van der Waals surface area contributed by atoms with Gasteiger partial charge >= 0.3 is 6.18 Å². The molecule has 148 valence electrons. The van der Waals surface area contributed by atoms with Crippen LogP contribution in [0.15, 0.2) is 52.3 Å². The molecule has 1 aromatic heterocycles. The van der Waals surface area contributed by atoms with Gasteiger partial charge in [0.1, 0.15) is 5.82 Å². The molecule has 2 aromatic carbocycles. The zero-order valence-electron chi connectivity index (χ0n) is 14.6. The van der Waals surface area contributed by atoms with Crippen LogP contribution in [0.3, 0.4) is 0 Å². The largest absolute Gasteiger partial charge is 0.449 e. The number of aromatic nitrogens is 2. The van der Waals surface area contributed by atoms with Crippen molar-refractivity contribution in [1.82, 2.24) is 9.97 Å². The Morgan fingerprint density at radius 2 is 1.64 bits per heavy atom. The summed E-state index contributed by atoms with van der Waals surface area (Å²) in [7, 11) is -3.45. The second-order valence-electron chi connectivity index (χ2n) is 5.95. The van der Waals surface area contributed by atoms with Crippen molar-refractivity contribution in [3.63, 3.8) is 0 Å². The smallest absolute Gasteiger partial charge is 0.334 e. The van der Waals surface area contributed by atoms with E-state index in [1.807, 2.05) is 0 Å². The Labute approximate surface area is 162 Å². The van der Waals surface area contributed by atoms with Crippen molar-refractivity contribution in [3.05, 3.63) is 54.1 Å². The Morgan fingerprint density at radius 1 is 1.04 bits per heavy atom. The number of imidazole rings is 1. The van der Waals surface area contributed by atoms with E-state index in [9.17, 15) is 26.0 Å². The van der Waals surface area contributed by atoms with Crippen LogP contribution < -0.4 is 0 Å². The number of aromatic amines is 1. The summed E-state index contributed by atoms with van der Waals surface area (Å²) in [6.07, 6.45) is -2.01. The van der Waals surface area contributed by atoms with E-state index in [4.69, 9.17) is 0 Å². The quantitative estimate of drug-likeness (QED) is 0.466. The van der Waals surface area contributed by atoms with Crippen molar-refractivity contribution < 1.29 is 26.0 Å². The third-order valence-electron chi connectivity index (χ3n) is 3.97. The van der Waals surface area contributed by atoms with Crippen molar-refractivity contribution >= 4 is 21.6 Å². The van der Waals surface area contributed by atoms with Gasteiger partial charge in [-0.05, 0) is 30.5 Å². The maximum atomic E-state index is 14.1. The Hall–Kier alpha value is -2.33. The molecule has 3 aromatic rings. The number of alkyl halides is 3. The van der Waals surface area contributed by atoms with Crippen LogP contribution in [-0.4, -0.2) is 30.9 Å². The third kappa shape index (κ3) is 4.07. The summed E-state index contributed by atoms with van der Waals surface area (Å²) in [5.74, 6) is -1.79. The second-order valence-corrected chi connectivity index (χ2v) is 8.82. The normalized spacial score (nSPS) is 12.4. The number of thioether (sulfide) groups is 1. The molecule has 0 aliphatic heterocycles. The molecule has 3 rings (SSSR count). The highest BCUT2D eigenvalue weighted by Crippen LogP contribution is 2.37. The molecular formula is C18H14F4N2O2S2. The van der Waals surface area contributed by atoms with E-state index in [1.165, 1.54) is 48.2 Å². The number of H-pyrrole nitrogens is 1. The zero-order valence-corrected chi connectivity index (χ0v) is 16.3. The Balaban J connectivity index is 2.18. The predicted octanol–water partition coefficient (Wildman–Crippen LogP) is 5.03. The number of sulfone groups is 1. The summed E-state index contributed by atoms with van der Waals surface area (Å²) in [5, 5.41) is 0. The molecule has 0 amide bonds. The molecule has 1 heterocycles. The summed E-state index contributed by atoms with van der Waals surface area (Å²) in [5.41, 5.74) is 0.402. The molecule has 0 unspecified atom stereocenters. The van der Waals surface area contributed by atoms with E-state index < -0.39 is 27.7 Å². The summed E-state index contributed by atoms with van der Waals surface area (Å²) >= 11 is 1.17. The van der Waals surface area contributed by atoms with Crippen LogP contribution in [0.4, 0.5) is 17.6 Å². The second kappa shape index (κ2) is 7.25. The summed E-state index contributed by atoms with van der Waals surface area (Å²) in [6.45, 7) is 0. The van der Waals surface area contributed by atoms with E-state index in [1.54, 1.807) is 6.26 Å². The SMILES string of the molecule is CSc1ccc(-c2nc(C(F)(F)F)[nH]c2-c2ccc(S(C)(=O)=O)cc2)cc1F. The van der Waals surface area contributed by atoms with E-state index in [-0.39, 0.29) is 21.8 Å². The number of halogens is 4. The maximum Gasteiger partial charge on any atom is 0.449 e. The van der Waals surface area contributed by atoms with E-state index in [0.29, 0.717) is 10.5 Å². The van der Waals surface area contributed by atoms with E-state index in [0.717, 1.165) is 12.3 Å². The van der Waals surface area contributed by atoms with Gasteiger partial charge in [-0.25, -0.2) is 17.8 Å². The van der Waals surface area contributed by atoms with Gasteiger partial charge in [-0.1, -0.05) is 18.2 Å². The molecule has 10 heteroatoms. The molecule has 4 nitrogen and oxygen atoms in total. The van der Waals surface area contributed by atoms with Gasteiger partial charge in [-0.3, -0.25) is 0 Å². The molecule has 1 N–H and O–H groups in total. The average molecular weight is 430 g/mol. The van der Waals surface area contributed by atoms with Gasteiger partial charge in [-0.15, -0.1) is 11.8 Å². The van der Waals surface area contributed by atoms with Gasteiger partial charge < -0.3 is 4.98 Å². The monoisotopic (exact) mass is 430 g/mol. The van der Waals surface area contributed by atoms with Crippen molar-refractivity contribution in [3.8, 4) is 22.5 Å². The highest BCUT2D eigenvalue weighted by atomic mass is 32.2. The number of nitrogens with zero attached hydrogens (tertiary/aromatic N) is 1. The van der Waals surface area contributed by atoms with Gasteiger partial charge in [0.2, 0.25) is 5.82 Å². The Bertz CT molecular complexity index is 1120. The number of benzene rings is 2. The molecule has 0 radical (unpaired) electrons. The highest BCUT2D eigenvalue weighted by molar-refractivity contribution is 7.98. The number of hydrogen-bond donors (Lipinski definition) is 1. The topological polar surface area (TPSA) is 62.8 Å². The van der Waals surface area contributed by atoms with Gasteiger partial charge in [0, 0.05) is 22.3 Å². The number of rotatable bonds is 4. The fourth-order valence-electron chi connectivity index (χ4n) is 2.61. The minimum absolute atomic E-state index is 0.0173. The first-order valence-corrected chi connectivity index (χ1v) is 10.9. The van der Waals surface area contributed by atoms with E-state index >= 15 is 0 Å². The van der Waals surface area contributed by atoms with Crippen molar-refractivity contribution in [2.45, 2.75) is 16.0 Å². The number of hydrogen-bond acceptors (Lipinski definition) is 4. The fraction of sp³-hybridized carbons (Fsp3) is 0.167.